The number of hydrogen-bond donors (Lipinski definition) is 1. The van der Waals surface area contributed by atoms with Crippen molar-refractivity contribution in [2.24, 2.45) is 5.14 Å². The zero-order chi connectivity index (χ0) is 7.56. The van der Waals surface area contributed by atoms with Crippen molar-refractivity contribution in [2.45, 2.75) is 11.8 Å². The molecule has 0 fully saturated rings. The Labute approximate surface area is 69.7 Å². The minimum Gasteiger partial charge on any atom is -0.274 e. The van der Waals surface area contributed by atoms with Gasteiger partial charge in [0.1, 0.15) is 0 Å². The normalized spacial score (nSPS) is 9.90. The minimum absolute atomic E-state index is 0.774. The van der Waals surface area contributed by atoms with Gasteiger partial charge in [-0.05, 0) is 36.6 Å². The number of hydrogen-bond acceptors (Lipinski definition) is 2. The van der Waals surface area contributed by atoms with Crippen molar-refractivity contribution in [3.8, 4) is 0 Å². The van der Waals surface area contributed by atoms with E-state index in [1.807, 2.05) is 25.1 Å². The molecule has 0 aliphatic carbocycles. The molecule has 0 aliphatic heterocycles. The summed E-state index contributed by atoms with van der Waals surface area (Å²) in [4.78, 5) is 1.03. The van der Waals surface area contributed by atoms with Crippen molar-refractivity contribution >= 4 is 23.5 Å². The van der Waals surface area contributed by atoms with E-state index in [-0.39, 0.29) is 0 Å². The zero-order valence-corrected chi connectivity index (χ0v) is 7.17. The number of benzene rings is 1. The summed E-state index contributed by atoms with van der Waals surface area (Å²) < 4.78 is 0. The Morgan fingerprint density at radius 3 is 2.70 bits per heavy atom. The molecule has 0 heterocycles. The van der Waals surface area contributed by atoms with Gasteiger partial charge in [-0.1, -0.05) is 17.7 Å². The van der Waals surface area contributed by atoms with Crippen LogP contribution in [-0.4, -0.2) is 0 Å². The van der Waals surface area contributed by atoms with Crippen LogP contribution in [0, 0.1) is 6.92 Å². The Morgan fingerprint density at radius 1 is 1.50 bits per heavy atom. The monoisotopic (exact) mass is 173 g/mol. The maximum Gasteiger partial charge on any atom is 0.0446 e. The van der Waals surface area contributed by atoms with Crippen LogP contribution in [0.25, 0.3) is 0 Å². The molecule has 0 amide bonds. The van der Waals surface area contributed by atoms with Gasteiger partial charge in [0.25, 0.3) is 0 Å². The number of halogens is 1. The summed E-state index contributed by atoms with van der Waals surface area (Å²) in [6.45, 7) is 1.96. The van der Waals surface area contributed by atoms with E-state index >= 15 is 0 Å². The van der Waals surface area contributed by atoms with Crippen molar-refractivity contribution in [1.29, 1.82) is 0 Å². The molecule has 0 unspecified atom stereocenters. The molecule has 1 aromatic carbocycles. The summed E-state index contributed by atoms with van der Waals surface area (Å²) in [7, 11) is 0. The van der Waals surface area contributed by atoms with Crippen molar-refractivity contribution in [2.75, 3.05) is 0 Å². The lowest BCUT2D eigenvalue weighted by Gasteiger charge is -2.01. The Bertz CT molecular complexity index is 237. The molecule has 1 aromatic rings. The lowest BCUT2D eigenvalue weighted by molar-refractivity contribution is 1.30. The molecule has 2 N–H and O–H groups in total. The van der Waals surface area contributed by atoms with Gasteiger partial charge >= 0.3 is 0 Å². The van der Waals surface area contributed by atoms with Gasteiger partial charge in [0.2, 0.25) is 0 Å². The highest BCUT2D eigenvalue weighted by Gasteiger charge is 1.98. The Kier molecular flexibility index (Phi) is 2.60. The van der Waals surface area contributed by atoms with Crippen LogP contribution in [0.1, 0.15) is 5.56 Å². The number of rotatable bonds is 1. The van der Waals surface area contributed by atoms with Crippen LogP contribution >= 0.6 is 23.5 Å². The summed E-state index contributed by atoms with van der Waals surface area (Å²) in [6, 6.07) is 5.70. The predicted octanol–water partition coefficient (Wildman–Crippen LogP) is 2.61. The first-order valence-corrected chi connectivity index (χ1v) is 4.13. The van der Waals surface area contributed by atoms with E-state index < -0.39 is 0 Å². The van der Waals surface area contributed by atoms with Gasteiger partial charge in [-0.25, -0.2) is 0 Å². The van der Waals surface area contributed by atoms with Crippen LogP contribution in [0.2, 0.25) is 5.02 Å². The summed E-state index contributed by atoms with van der Waals surface area (Å²) in [5, 5.41) is 6.15. The fraction of sp³-hybridized carbons (Fsp3) is 0.143. The Morgan fingerprint density at radius 2 is 2.20 bits per heavy atom. The molecule has 1 nitrogen and oxygen atoms in total. The average Bonchev–Trinajstić information content (AvgIpc) is 1.95. The standard InChI is InChI=1S/C7H8ClNS/c1-5-6(8)3-2-4-7(5)10-9/h2-4H,9H2,1H3. The Balaban J connectivity index is 3.14. The highest BCUT2D eigenvalue weighted by Crippen LogP contribution is 2.23. The van der Waals surface area contributed by atoms with Crippen LogP contribution < -0.4 is 5.14 Å². The molecule has 1 rings (SSSR count). The Hall–Kier alpha value is -0.180. The SMILES string of the molecule is Cc1c(Cl)cccc1SN. The first-order chi connectivity index (χ1) is 4.75. The molecule has 0 aliphatic rings. The van der Waals surface area contributed by atoms with E-state index in [1.54, 1.807) is 0 Å². The lowest BCUT2D eigenvalue weighted by atomic mass is 10.2. The highest BCUT2D eigenvalue weighted by atomic mass is 35.5. The highest BCUT2D eigenvalue weighted by molar-refractivity contribution is 7.97. The average molecular weight is 174 g/mol. The molecular formula is C7H8ClNS. The number of nitrogens with two attached hydrogens (primary N) is 1. The van der Waals surface area contributed by atoms with E-state index in [0.29, 0.717) is 0 Å². The van der Waals surface area contributed by atoms with Crippen molar-refractivity contribution in [3.63, 3.8) is 0 Å². The largest absolute Gasteiger partial charge is 0.274 e. The minimum atomic E-state index is 0.774. The second kappa shape index (κ2) is 3.28. The molecule has 10 heavy (non-hydrogen) atoms. The molecule has 0 spiro atoms. The molecule has 0 radical (unpaired) electrons. The second-order valence-electron chi connectivity index (χ2n) is 1.98. The maximum absolute atomic E-state index is 5.82. The van der Waals surface area contributed by atoms with Crippen molar-refractivity contribution in [3.05, 3.63) is 28.8 Å². The van der Waals surface area contributed by atoms with Gasteiger partial charge in [-0.15, -0.1) is 0 Å². The van der Waals surface area contributed by atoms with Gasteiger partial charge in [-0.2, -0.15) is 0 Å². The molecular weight excluding hydrogens is 166 g/mol. The summed E-state index contributed by atoms with van der Waals surface area (Å²) >= 11 is 7.05. The van der Waals surface area contributed by atoms with Crippen LogP contribution in [0.4, 0.5) is 0 Å². The van der Waals surface area contributed by atoms with Crippen LogP contribution in [-0.2, 0) is 0 Å². The van der Waals surface area contributed by atoms with Crippen molar-refractivity contribution < 1.29 is 0 Å². The predicted molar refractivity (Wildman–Crippen MR) is 46.2 cm³/mol. The second-order valence-corrected chi connectivity index (χ2v) is 3.06. The first kappa shape index (κ1) is 7.92. The zero-order valence-electron chi connectivity index (χ0n) is 5.60. The van der Waals surface area contributed by atoms with E-state index in [4.69, 9.17) is 16.7 Å². The fourth-order valence-electron chi connectivity index (χ4n) is 0.715. The fourth-order valence-corrected chi connectivity index (χ4v) is 1.39. The topological polar surface area (TPSA) is 26.0 Å². The summed E-state index contributed by atoms with van der Waals surface area (Å²) in [5.41, 5.74) is 1.05. The van der Waals surface area contributed by atoms with Gasteiger partial charge in [-0.3, -0.25) is 5.14 Å². The van der Waals surface area contributed by atoms with Crippen LogP contribution in [0.3, 0.4) is 0 Å². The smallest absolute Gasteiger partial charge is 0.0446 e. The van der Waals surface area contributed by atoms with E-state index in [0.717, 1.165) is 15.5 Å². The third kappa shape index (κ3) is 1.45. The third-order valence-corrected chi connectivity index (χ3v) is 2.45. The van der Waals surface area contributed by atoms with Gasteiger partial charge in [0.05, 0.1) is 0 Å². The van der Waals surface area contributed by atoms with Gasteiger partial charge in [0, 0.05) is 9.92 Å². The molecule has 0 aromatic heterocycles. The van der Waals surface area contributed by atoms with Crippen LogP contribution in [0.5, 0.6) is 0 Å². The molecule has 54 valence electrons. The molecule has 3 heteroatoms. The molecule has 0 saturated carbocycles. The summed E-state index contributed by atoms with van der Waals surface area (Å²) in [6.07, 6.45) is 0. The van der Waals surface area contributed by atoms with Crippen molar-refractivity contribution in [1.82, 2.24) is 0 Å². The lowest BCUT2D eigenvalue weighted by Crippen LogP contribution is -1.84. The van der Waals surface area contributed by atoms with Gasteiger partial charge in [0.15, 0.2) is 0 Å². The van der Waals surface area contributed by atoms with Gasteiger partial charge < -0.3 is 0 Å². The van der Waals surface area contributed by atoms with Crippen LogP contribution in [0.15, 0.2) is 23.1 Å². The first-order valence-electron chi connectivity index (χ1n) is 2.87. The summed E-state index contributed by atoms with van der Waals surface area (Å²) in [5.74, 6) is 0. The molecule has 0 atom stereocenters. The van der Waals surface area contributed by atoms with E-state index in [2.05, 4.69) is 0 Å². The third-order valence-electron chi connectivity index (χ3n) is 1.34. The van der Waals surface area contributed by atoms with E-state index in [9.17, 15) is 0 Å². The van der Waals surface area contributed by atoms with E-state index in [1.165, 1.54) is 11.9 Å². The molecule has 0 bridgehead atoms. The molecule has 0 saturated heterocycles. The quantitative estimate of drug-likeness (QED) is 0.661. The maximum atomic E-state index is 5.82.